The van der Waals surface area contributed by atoms with Crippen molar-refractivity contribution in [3.8, 4) is 0 Å². The molecule has 0 N–H and O–H groups in total. The summed E-state index contributed by atoms with van der Waals surface area (Å²) >= 11 is 0. The van der Waals surface area contributed by atoms with Crippen LogP contribution < -0.4 is 12.4 Å². The molecule has 0 bridgehead atoms. The Morgan fingerprint density at radius 1 is 0.933 bits per heavy atom. The largest absolute Gasteiger partial charge is 1.00 e. The summed E-state index contributed by atoms with van der Waals surface area (Å²) in [5.41, 5.74) is 0. The first-order valence-corrected chi connectivity index (χ1v) is 6.26. The molecule has 92 valence electrons. The summed E-state index contributed by atoms with van der Waals surface area (Å²) in [5.74, 6) is 0. The van der Waals surface area contributed by atoms with Crippen LogP contribution in [0.5, 0.6) is 0 Å². The van der Waals surface area contributed by atoms with Gasteiger partial charge in [0.1, 0.15) is 13.1 Å². The van der Waals surface area contributed by atoms with E-state index in [1.165, 1.54) is 56.3 Å². The van der Waals surface area contributed by atoms with Gasteiger partial charge in [-0.05, 0) is 12.8 Å². The Bertz CT molecular complexity index is 137. The lowest BCUT2D eigenvalue weighted by molar-refractivity contribution is -0.935. The summed E-state index contributed by atoms with van der Waals surface area (Å²) in [7, 11) is 0. The van der Waals surface area contributed by atoms with Gasteiger partial charge in [0.15, 0.2) is 0 Å². The van der Waals surface area contributed by atoms with Crippen molar-refractivity contribution >= 4 is 0 Å². The van der Waals surface area contributed by atoms with Gasteiger partial charge in [-0.1, -0.05) is 26.7 Å². The van der Waals surface area contributed by atoms with Gasteiger partial charge >= 0.3 is 0 Å². The lowest BCUT2D eigenvalue weighted by Crippen LogP contribution is -3.00. The van der Waals surface area contributed by atoms with Gasteiger partial charge in [-0.3, -0.25) is 0 Å². The summed E-state index contributed by atoms with van der Waals surface area (Å²) < 4.78 is 6.80. The monoisotopic (exact) mass is 235 g/mol. The molecule has 1 aliphatic rings. The molecule has 1 saturated heterocycles. The van der Waals surface area contributed by atoms with Crippen molar-refractivity contribution in [1.82, 2.24) is 0 Å². The molecule has 1 aliphatic heterocycles. The van der Waals surface area contributed by atoms with E-state index >= 15 is 0 Å². The van der Waals surface area contributed by atoms with E-state index in [1.54, 1.807) is 0 Å². The van der Waals surface area contributed by atoms with Crippen LogP contribution in [0.1, 0.15) is 39.5 Å². The molecule has 0 amide bonds. The van der Waals surface area contributed by atoms with E-state index in [0.29, 0.717) is 0 Å². The average Bonchev–Trinajstić information content (AvgIpc) is 2.25. The minimum atomic E-state index is 0. The predicted molar refractivity (Wildman–Crippen MR) is 60.4 cm³/mol. The van der Waals surface area contributed by atoms with Gasteiger partial charge in [0.05, 0.1) is 26.3 Å². The van der Waals surface area contributed by atoms with E-state index in [-0.39, 0.29) is 12.4 Å². The Morgan fingerprint density at radius 2 is 1.40 bits per heavy atom. The molecule has 0 spiro atoms. The van der Waals surface area contributed by atoms with Gasteiger partial charge in [-0.2, -0.15) is 0 Å². The Balaban J connectivity index is 0.00000196. The normalized spacial score (nSPS) is 19.6. The molecule has 0 saturated carbocycles. The summed E-state index contributed by atoms with van der Waals surface area (Å²) in [4.78, 5) is 0. The van der Waals surface area contributed by atoms with Gasteiger partial charge in [0.25, 0.3) is 0 Å². The van der Waals surface area contributed by atoms with Crippen LogP contribution in [-0.4, -0.2) is 43.9 Å². The molecule has 0 atom stereocenters. The number of quaternary nitrogens is 1. The third kappa shape index (κ3) is 5.19. The van der Waals surface area contributed by atoms with Crippen LogP contribution in [0.15, 0.2) is 0 Å². The average molecular weight is 236 g/mol. The topological polar surface area (TPSA) is 9.23 Å². The summed E-state index contributed by atoms with van der Waals surface area (Å²) in [5, 5.41) is 0. The molecule has 0 aromatic carbocycles. The second-order valence-electron chi connectivity index (χ2n) is 4.56. The van der Waals surface area contributed by atoms with Crippen LogP contribution in [0.4, 0.5) is 0 Å². The van der Waals surface area contributed by atoms with Crippen molar-refractivity contribution in [2.45, 2.75) is 39.5 Å². The zero-order valence-electron chi connectivity index (χ0n) is 10.3. The smallest absolute Gasteiger partial charge is 0.102 e. The fourth-order valence-corrected chi connectivity index (χ4v) is 2.28. The summed E-state index contributed by atoms with van der Waals surface area (Å²) in [6.45, 7) is 11.8. The maximum atomic E-state index is 5.47. The summed E-state index contributed by atoms with van der Waals surface area (Å²) in [6.07, 6.45) is 5.41. The van der Waals surface area contributed by atoms with E-state index in [9.17, 15) is 0 Å². The minimum Gasteiger partial charge on any atom is -1.00 e. The zero-order chi connectivity index (χ0) is 10.3. The zero-order valence-corrected chi connectivity index (χ0v) is 11.1. The maximum Gasteiger partial charge on any atom is 0.102 e. The highest BCUT2D eigenvalue weighted by Crippen LogP contribution is 2.15. The number of ether oxygens (including phenoxy) is 1. The molecule has 3 heteroatoms. The van der Waals surface area contributed by atoms with Gasteiger partial charge in [0, 0.05) is 0 Å². The highest BCUT2D eigenvalue weighted by molar-refractivity contribution is 4.51. The molecular formula is C12H26ClNO. The third-order valence-electron chi connectivity index (χ3n) is 3.39. The Hall–Kier alpha value is 0.210. The second-order valence-corrected chi connectivity index (χ2v) is 4.56. The van der Waals surface area contributed by atoms with Crippen LogP contribution in [0.25, 0.3) is 0 Å². The SMILES string of the molecule is CCCC[N+]1(CCCC)CCOCC1.[Cl-]. The Morgan fingerprint density at radius 3 is 1.80 bits per heavy atom. The molecular weight excluding hydrogens is 210 g/mol. The Labute approximate surface area is 101 Å². The maximum absolute atomic E-state index is 5.47. The van der Waals surface area contributed by atoms with Crippen molar-refractivity contribution in [3.05, 3.63) is 0 Å². The Kier molecular flexibility index (Phi) is 8.49. The minimum absolute atomic E-state index is 0. The number of morpholine rings is 1. The first-order chi connectivity index (χ1) is 6.83. The van der Waals surface area contributed by atoms with Crippen LogP contribution in [0.3, 0.4) is 0 Å². The number of hydrogen-bond donors (Lipinski definition) is 0. The molecule has 15 heavy (non-hydrogen) atoms. The van der Waals surface area contributed by atoms with E-state index in [2.05, 4.69) is 13.8 Å². The number of nitrogens with zero attached hydrogens (tertiary/aromatic N) is 1. The first-order valence-electron chi connectivity index (χ1n) is 6.26. The molecule has 0 unspecified atom stereocenters. The van der Waals surface area contributed by atoms with Crippen LogP contribution in [0.2, 0.25) is 0 Å². The predicted octanol–water partition coefficient (Wildman–Crippen LogP) is -0.562. The van der Waals surface area contributed by atoms with Crippen molar-refractivity contribution in [2.75, 3.05) is 39.4 Å². The second kappa shape index (κ2) is 8.37. The van der Waals surface area contributed by atoms with E-state index in [0.717, 1.165) is 13.2 Å². The van der Waals surface area contributed by atoms with Crippen LogP contribution in [0, 0.1) is 0 Å². The van der Waals surface area contributed by atoms with Crippen molar-refractivity contribution in [1.29, 1.82) is 0 Å². The molecule has 1 rings (SSSR count). The van der Waals surface area contributed by atoms with Gasteiger partial charge in [-0.15, -0.1) is 0 Å². The lowest BCUT2D eigenvalue weighted by atomic mass is 10.2. The van der Waals surface area contributed by atoms with E-state index < -0.39 is 0 Å². The first kappa shape index (κ1) is 15.2. The summed E-state index contributed by atoms with van der Waals surface area (Å²) in [6, 6.07) is 0. The molecule has 0 aliphatic carbocycles. The lowest BCUT2D eigenvalue weighted by Gasteiger charge is -2.41. The molecule has 0 aromatic heterocycles. The van der Waals surface area contributed by atoms with Crippen molar-refractivity contribution < 1.29 is 21.6 Å². The number of halogens is 1. The molecule has 1 fully saturated rings. The molecule has 0 aromatic rings. The fraction of sp³-hybridized carbons (Fsp3) is 1.00. The van der Waals surface area contributed by atoms with Crippen molar-refractivity contribution in [3.63, 3.8) is 0 Å². The van der Waals surface area contributed by atoms with Crippen LogP contribution in [-0.2, 0) is 4.74 Å². The number of unbranched alkanes of at least 4 members (excludes halogenated alkanes) is 2. The standard InChI is InChI=1S/C12H26NO.ClH/c1-3-5-7-13(8-6-4-2)9-11-14-12-10-13;/h3-12H2,1-2H3;1H/q+1;/p-1. The van der Waals surface area contributed by atoms with E-state index in [1.807, 2.05) is 0 Å². The molecule has 0 radical (unpaired) electrons. The van der Waals surface area contributed by atoms with E-state index in [4.69, 9.17) is 4.74 Å². The van der Waals surface area contributed by atoms with Gasteiger partial charge in [0.2, 0.25) is 0 Å². The van der Waals surface area contributed by atoms with Gasteiger partial charge < -0.3 is 21.6 Å². The highest BCUT2D eigenvalue weighted by atomic mass is 35.5. The highest BCUT2D eigenvalue weighted by Gasteiger charge is 2.28. The van der Waals surface area contributed by atoms with Gasteiger partial charge in [-0.25, -0.2) is 0 Å². The molecule has 2 nitrogen and oxygen atoms in total. The quantitative estimate of drug-likeness (QED) is 0.561. The van der Waals surface area contributed by atoms with Crippen molar-refractivity contribution in [2.24, 2.45) is 0 Å². The van der Waals surface area contributed by atoms with Crippen LogP contribution >= 0.6 is 0 Å². The fourth-order valence-electron chi connectivity index (χ4n) is 2.28. The molecule has 1 heterocycles. The third-order valence-corrected chi connectivity index (χ3v) is 3.39. The number of rotatable bonds is 6. The number of hydrogen-bond acceptors (Lipinski definition) is 1.